The number of nitrogens with zero attached hydrogens (tertiary/aromatic N) is 3. The molecular formula is C15H12ClN3. The molecule has 94 valence electrons. The molecule has 0 aliphatic heterocycles. The fourth-order valence-electron chi connectivity index (χ4n) is 2.01. The lowest BCUT2D eigenvalue weighted by Gasteiger charge is -2.08. The molecule has 0 amide bonds. The largest absolute Gasteiger partial charge is 0.263 e. The summed E-state index contributed by atoms with van der Waals surface area (Å²) in [6.07, 6.45) is 3.62. The van der Waals surface area contributed by atoms with Gasteiger partial charge in [-0.2, -0.15) is 0 Å². The van der Waals surface area contributed by atoms with E-state index in [0.717, 1.165) is 27.6 Å². The van der Waals surface area contributed by atoms with E-state index in [0.29, 0.717) is 11.0 Å². The molecule has 2 aromatic heterocycles. The second-order valence-electron chi connectivity index (χ2n) is 4.46. The van der Waals surface area contributed by atoms with Crippen molar-refractivity contribution < 1.29 is 0 Å². The topological polar surface area (TPSA) is 38.7 Å². The number of halogens is 1. The van der Waals surface area contributed by atoms with Crippen LogP contribution in [0.3, 0.4) is 0 Å². The van der Waals surface area contributed by atoms with Crippen LogP contribution < -0.4 is 0 Å². The van der Waals surface area contributed by atoms with E-state index in [-0.39, 0.29) is 0 Å². The molecule has 1 aromatic carbocycles. The zero-order valence-corrected chi connectivity index (χ0v) is 11.4. The molecule has 3 aromatic rings. The van der Waals surface area contributed by atoms with E-state index in [9.17, 15) is 0 Å². The van der Waals surface area contributed by atoms with Crippen molar-refractivity contribution in [1.82, 2.24) is 15.0 Å². The molecular weight excluding hydrogens is 258 g/mol. The molecule has 0 bridgehead atoms. The van der Waals surface area contributed by atoms with Crippen molar-refractivity contribution in [2.24, 2.45) is 0 Å². The van der Waals surface area contributed by atoms with Gasteiger partial charge >= 0.3 is 0 Å². The second-order valence-corrected chi connectivity index (χ2v) is 4.81. The van der Waals surface area contributed by atoms with E-state index in [4.69, 9.17) is 11.6 Å². The molecule has 0 aliphatic rings. The van der Waals surface area contributed by atoms with Crippen molar-refractivity contribution in [2.45, 2.75) is 13.8 Å². The Morgan fingerprint density at radius 2 is 1.79 bits per heavy atom. The minimum Gasteiger partial charge on any atom is -0.263 e. The highest BCUT2D eigenvalue weighted by atomic mass is 35.5. The van der Waals surface area contributed by atoms with Gasteiger partial charge in [0.15, 0.2) is 5.82 Å². The Morgan fingerprint density at radius 1 is 1.00 bits per heavy atom. The molecule has 3 nitrogen and oxygen atoms in total. The van der Waals surface area contributed by atoms with Gasteiger partial charge in [0.2, 0.25) is 0 Å². The van der Waals surface area contributed by atoms with Crippen LogP contribution >= 0.6 is 11.6 Å². The Labute approximate surface area is 116 Å². The van der Waals surface area contributed by atoms with Crippen LogP contribution in [0.1, 0.15) is 11.3 Å². The molecule has 0 spiro atoms. The molecule has 0 unspecified atom stereocenters. The minimum absolute atomic E-state index is 0.496. The number of benzene rings is 1. The zero-order chi connectivity index (χ0) is 13.4. The fraction of sp³-hybridized carbons (Fsp3) is 0.133. The molecule has 0 saturated heterocycles. The summed E-state index contributed by atoms with van der Waals surface area (Å²) in [7, 11) is 0. The first-order valence-corrected chi connectivity index (χ1v) is 6.38. The summed E-state index contributed by atoms with van der Waals surface area (Å²) >= 11 is 6.15. The predicted molar refractivity (Wildman–Crippen MR) is 77.3 cm³/mol. The Kier molecular flexibility index (Phi) is 2.91. The van der Waals surface area contributed by atoms with E-state index in [1.165, 1.54) is 0 Å². The average molecular weight is 270 g/mol. The third-order valence-corrected chi connectivity index (χ3v) is 3.61. The van der Waals surface area contributed by atoms with Gasteiger partial charge in [-0.25, -0.2) is 9.97 Å². The first kappa shape index (κ1) is 12.1. The van der Waals surface area contributed by atoms with Gasteiger partial charge in [0.05, 0.1) is 0 Å². The van der Waals surface area contributed by atoms with E-state index >= 15 is 0 Å². The van der Waals surface area contributed by atoms with Crippen molar-refractivity contribution >= 4 is 22.4 Å². The average Bonchev–Trinajstić information content (AvgIpc) is 2.43. The van der Waals surface area contributed by atoms with E-state index in [1.807, 2.05) is 44.3 Å². The molecule has 3 rings (SSSR count). The van der Waals surface area contributed by atoms with Crippen molar-refractivity contribution in [3.05, 3.63) is 53.1 Å². The van der Waals surface area contributed by atoms with E-state index < -0.39 is 0 Å². The molecule has 0 fully saturated rings. The van der Waals surface area contributed by atoms with Crippen LogP contribution in [0.15, 0.2) is 36.7 Å². The minimum atomic E-state index is 0.496. The number of rotatable bonds is 1. The monoisotopic (exact) mass is 269 g/mol. The van der Waals surface area contributed by atoms with Gasteiger partial charge in [-0.1, -0.05) is 35.9 Å². The molecule has 4 heteroatoms. The molecule has 0 saturated carbocycles. The smallest absolute Gasteiger partial charge is 0.163 e. The molecule has 19 heavy (non-hydrogen) atoms. The van der Waals surface area contributed by atoms with E-state index in [2.05, 4.69) is 15.0 Å². The lowest BCUT2D eigenvalue weighted by molar-refractivity contribution is 1.07. The first-order valence-electron chi connectivity index (χ1n) is 6.00. The maximum atomic E-state index is 6.15. The van der Waals surface area contributed by atoms with Gasteiger partial charge < -0.3 is 0 Å². The number of aromatic nitrogens is 3. The standard InChI is InChI=1S/C15H12ClN3/c1-9-10(2)18-15(19-14(9)16)13-8-17-7-11-5-3-4-6-12(11)13/h3-8H,1-2H3. The van der Waals surface area contributed by atoms with Crippen LogP contribution in [0.5, 0.6) is 0 Å². The van der Waals surface area contributed by atoms with Crippen LogP contribution in [-0.2, 0) is 0 Å². The summed E-state index contributed by atoms with van der Waals surface area (Å²) in [6.45, 7) is 3.85. The fourth-order valence-corrected chi connectivity index (χ4v) is 2.23. The summed E-state index contributed by atoms with van der Waals surface area (Å²) in [4.78, 5) is 13.1. The highest BCUT2D eigenvalue weighted by molar-refractivity contribution is 6.30. The number of hydrogen-bond donors (Lipinski definition) is 0. The summed E-state index contributed by atoms with van der Waals surface area (Å²) in [5, 5.41) is 2.64. The van der Waals surface area contributed by atoms with Gasteiger partial charge in [-0.15, -0.1) is 0 Å². The Hall–Kier alpha value is -2.00. The third kappa shape index (κ3) is 2.06. The van der Waals surface area contributed by atoms with Crippen molar-refractivity contribution in [3.8, 4) is 11.4 Å². The molecule has 0 atom stereocenters. The lowest BCUT2D eigenvalue weighted by Crippen LogP contribution is -1.97. The number of aryl methyl sites for hydroxylation is 1. The Balaban J connectivity index is 2.31. The molecule has 0 aliphatic carbocycles. The highest BCUT2D eigenvalue weighted by Crippen LogP contribution is 2.27. The van der Waals surface area contributed by atoms with E-state index in [1.54, 1.807) is 6.20 Å². The number of pyridine rings is 1. The lowest BCUT2D eigenvalue weighted by atomic mass is 10.1. The van der Waals surface area contributed by atoms with Crippen LogP contribution in [0.2, 0.25) is 5.15 Å². The van der Waals surface area contributed by atoms with Gasteiger partial charge in [0, 0.05) is 34.6 Å². The summed E-state index contributed by atoms with van der Waals surface area (Å²) in [5.74, 6) is 0.623. The zero-order valence-electron chi connectivity index (χ0n) is 10.7. The Morgan fingerprint density at radius 3 is 2.58 bits per heavy atom. The molecule has 0 radical (unpaired) electrons. The maximum Gasteiger partial charge on any atom is 0.163 e. The first-order chi connectivity index (χ1) is 9.16. The summed E-state index contributed by atoms with van der Waals surface area (Å²) in [5.41, 5.74) is 2.71. The van der Waals surface area contributed by atoms with Crippen molar-refractivity contribution in [1.29, 1.82) is 0 Å². The third-order valence-electron chi connectivity index (χ3n) is 3.24. The van der Waals surface area contributed by atoms with Crippen LogP contribution in [-0.4, -0.2) is 15.0 Å². The van der Waals surface area contributed by atoms with Gasteiger partial charge in [-0.05, 0) is 19.2 Å². The predicted octanol–water partition coefficient (Wildman–Crippen LogP) is 3.96. The number of hydrogen-bond acceptors (Lipinski definition) is 3. The second kappa shape index (κ2) is 4.59. The normalized spacial score (nSPS) is 10.9. The van der Waals surface area contributed by atoms with Gasteiger partial charge in [0.1, 0.15) is 5.15 Å². The summed E-state index contributed by atoms with van der Waals surface area (Å²) < 4.78 is 0. The van der Waals surface area contributed by atoms with Crippen molar-refractivity contribution in [3.63, 3.8) is 0 Å². The Bertz CT molecular complexity index is 740. The summed E-state index contributed by atoms with van der Waals surface area (Å²) in [6, 6.07) is 8.05. The highest BCUT2D eigenvalue weighted by Gasteiger charge is 2.11. The van der Waals surface area contributed by atoms with Crippen LogP contribution in [0.4, 0.5) is 0 Å². The molecule has 2 heterocycles. The number of fused-ring (bicyclic) bond motifs is 1. The molecule has 0 N–H and O–H groups in total. The van der Waals surface area contributed by atoms with Gasteiger partial charge in [-0.3, -0.25) is 4.98 Å². The maximum absolute atomic E-state index is 6.15. The van der Waals surface area contributed by atoms with Crippen LogP contribution in [0.25, 0.3) is 22.2 Å². The SMILES string of the molecule is Cc1nc(-c2cncc3ccccc23)nc(Cl)c1C. The quantitative estimate of drug-likeness (QED) is 0.628. The van der Waals surface area contributed by atoms with Crippen molar-refractivity contribution in [2.75, 3.05) is 0 Å². The van der Waals surface area contributed by atoms with Gasteiger partial charge in [0.25, 0.3) is 0 Å². The van der Waals surface area contributed by atoms with Crippen LogP contribution in [0, 0.1) is 13.8 Å².